The maximum atomic E-state index is 12.3. The zero-order valence-corrected chi connectivity index (χ0v) is 15.4. The third-order valence-corrected chi connectivity index (χ3v) is 6.45. The van der Waals surface area contributed by atoms with Gasteiger partial charge in [0.25, 0.3) is 0 Å². The molecule has 0 spiro atoms. The number of benzene rings is 1. The van der Waals surface area contributed by atoms with Crippen molar-refractivity contribution in [1.29, 1.82) is 0 Å². The minimum absolute atomic E-state index is 0.299. The van der Waals surface area contributed by atoms with Crippen LogP contribution >= 0.6 is 27.3 Å². The molecule has 2 aromatic rings. The maximum absolute atomic E-state index is 12.3. The van der Waals surface area contributed by atoms with Crippen LogP contribution in [-0.2, 0) is 16.6 Å². The van der Waals surface area contributed by atoms with Gasteiger partial charge < -0.3 is 0 Å². The molecule has 2 rings (SSSR count). The van der Waals surface area contributed by atoms with Crippen LogP contribution in [0.25, 0.3) is 0 Å². The van der Waals surface area contributed by atoms with Crippen molar-refractivity contribution in [3.63, 3.8) is 0 Å². The second-order valence-electron chi connectivity index (χ2n) is 5.19. The molecule has 0 saturated carbocycles. The molecule has 0 aliphatic rings. The highest BCUT2D eigenvalue weighted by atomic mass is 79.9. The zero-order valence-electron chi connectivity index (χ0n) is 12.2. The van der Waals surface area contributed by atoms with Crippen molar-refractivity contribution in [3.8, 4) is 0 Å². The van der Waals surface area contributed by atoms with Gasteiger partial charge in [0.2, 0.25) is 10.0 Å². The van der Waals surface area contributed by atoms with E-state index in [9.17, 15) is 8.42 Å². The monoisotopic (exact) mass is 387 g/mol. The van der Waals surface area contributed by atoms with E-state index in [0.717, 1.165) is 14.2 Å². The van der Waals surface area contributed by atoms with Gasteiger partial charge in [-0.15, -0.1) is 11.3 Å². The van der Waals surface area contributed by atoms with Crippen LogP contribution in [0, 0.1) is 6.92 Å². The van der Waals surface area contributed by atoms with E-state index in [0.29, 0.717) is 17.4 Å². The maximum Gasteiger partial charge on any atom is 0.242 e. The normalized spacial score (nSPS) is 12.0. The molecule has 0 unspecified atom stereocenters. The number of sulfonamides is 1. The summed E-state index contributed by atoms with van der Waals surface area (Å²) >= 11 is 4.74. The lowest BCUT2D eigenvalue weighted by molar-refractivity contribution is 0.581. The number of nitrogens with one attached hydrogen (secondary N) is 1. The van der Waals surface area contributed by atoms with E-state index in [2.05, 4.69) is 34.5 Å². The highest BCUT2D eigenvalue weighted by Gasteiger charge is 2.19. The Morgan fingerprint density at radius 1 is 1.24 bits per heavy atom. The molecule has 0 fully saturated rings. The number of thiophene rings is 1. The molecule has 0 amide bonds. The van der Waals surface area contributed by atoms with Gasteiger partial charge in [-0.25, -0.2) is 13.1 Å². The molecule has 0 aliphatic heterocycles. The number of hydrogen-bond donors (Lipinski definition) is 1. The van der Waals surface area contributed by atoms with Crippen LogP contribution in [-0.4, -0.2) is 8.42 Å². The summed E-state index contributed by atoms with van der Waals surface area (Å²) in [5.74, 6) is 0.474. The molecule has 6 heteroatoms. The van der Waals surface area contributed by atoms with Crippen molar-refractivity contribution in [2.24, 2.45) is 0 Å². The molecule has 0 bridgehead atoms. The van der Waals surface area contributed by atoms with Crippen molar-refractivity contribution in [2.45, 2.75) is 38.1 Å². The summed E-state index contributed by atoms with van der Waals surface area (Å²) in [6.07, 6.45) is 0. The standard InChI is InChI=1S/C15H18BrNO2S2/c1-10(2)13-6-4-12(5-7-13)9-17-21(18,19)14-8-15(16)20-11(14)3/h4-8,10,17H,9H2,1-3H3. The second-order valence-corrected chi connectivity index (χ2v) is 9.56. The van der Waals surface area contributed by atoms with E-state index in [1.807, 2.05) is 24.3 Å². The number of aryl methyl sites for hydroxylation is 1. The first-order valence-electron chi connectivity index (χ1n) is 6.64. The average molecular weight is 388 g/mol. The van der Waals surface area contributed by atoms with Gasteiger partial charge in [-0.05, 0) is 46.0 Å². The Balaban J connectivity index is 2.10. The van der Waals surface area contributed by atoms with Gasteiger partial charge in [-0.2, -0.15) is 0 Å². The first-order chi connectivity index (χ1) is 9.79. The SMILES string of the molecule is Cc1sc(Br)cc1S(=O)(=O)NCc1ccc(C(C)C)cc1. The highest BCUT2D eigenvalue weighted by Crippen LogP contribution is 2.29. The lowest BCUT2D eigenvalue weighted by atomic mass is 10.0. The molecule has 21 heavy (non-hydrogen) atoms. The third-order valence-electron chi connectivity index (χ3n) is 3.24. The Kier molecular flexibility index (Phi) is 5.24. The molecule has 1 aromatic heterocycles. The van der Waals surface area contributed by atoms with Crippen molar-refractivity contribution in [1.82, 2.24) is 4.72 Å². The van der Waals surface area contributed by atoms with E-state index in [1.54, 1.807) is 13.0 Å². The fraction of sp³-hybridized carbons (Fsp3) is 0.333. The molecule has 0 aliphatic carbocycles. The first kappa shape index (κ1) is 16.7. The van der Waals surface area contributed by atoms with Gasteiger partial charge >= 0.3 is 0 Å². The predicted octanol–water partition coefficient (Wildman–Crippen LogP) is 4.42. The molecule has 0 saturated heterocycles. The Morgan fingerprint density at radius 2 is 1.86 bits per heavy atom. The largest absolute Gasteiger partial charge is 0.242 e. The minimum Gasteiger partial charge on any atom is -0.207 e. The quantitative estimate of drug-likeness (QED) is 0.824. The molecule has 3 nitrogen and oxygen atoms in total. The molecule has 114 valence electrons. The number of hydrogen-bond acceptors (Lipinski definition) is 3. The Bertz CT molecular complexity index is 719. The highest BCUT2D eigenvalue weighted by molar-refractivity contribution is 9.11. The van der Waals surface area contributed by atoms with Crippen LogP contribution < -0.4 is 4.72 Å². The Labute approximate surface area is 138 Å². The Morgan fingerprint density at radius 3 is 2.33 bits per heavy atom. The van der Waals surface area contributed by atoms with Gasteiger partial charge in [0.15, 0.2) is 0 Å². The van der Waals surface area contributed by atoms with Gasteiger partial charge in [-0.1, -0.05) is 38.1 Å². The zero-order chi connectivity index (χ0) is 15.6. The molecule has 1 N–H and O–H groups in total. The fourth-order valence-electron chi connectivity index (χ4n) is 1.97. The predicted molar refractivity (Wildman–Crippen MR) is 91.3 cm³/mol. The summed E-state index contributed by atoms with van der Waals surface area (Å²) in [7, 11) is -3.46. The third kappa shape index (κ3) is 4.16. The van der Waals surface area contributed by atoms with Gasteiger partial charge in [-0.3, -0.25) is 0 Å². The van der Waals surface area contributed by atoms with E-state index >= 15 is 0 Å². The molecule has 0 atom stereocenters. The van der Waals surface area contributed by atoms with Crippen LogP contribution in [0.15, 0.2) is 39.0 Å². The molecule has 0 radical (unpaired) electrons. The van der Waals surface area contributed by atoms with Gasteiger partial charge in [0.1, 0.15) is 0 Å². The summed E-state index contributed by atoms with van der Waals surface area (Å²) in [4.78, 5) is 1.13. The van der Waals surface area contributed by atoms with Crippen molar-refractivity contribution in [2.75, 3.05) is 0 Å². The smallest absolute Gasteiger partial charge is 0.207 e. The van der Waals surface area contributed by atoms with E-state index in [1.165, 1.54) is 16.9 Å². The Hall–Kier alpha value is -0.690. The molecule has 1 aromatic carbocycles. The summed E-state index contributed by atoms with van der Waals surface area (Å²) in [5, 5.41) is 0. The topological polar surface area (TPSA) is 46.2 Å². The number of rotatable bonds is 5. The lowest BCUT2D eigenvalue weighted by Gasteiger charge is -2.08. The first-order valence-corrected chi connectivity index (χ1v) is 9.73. The summed E-state index contributed by atoms with van der Waals surface area (Å²) in [6, 6.07) is 9.66. The van der Waals surface area contributed by atoms with E-state index < -0.39 is 10.0 Å². The summed E-state index contributed by atoms with van der Waals surface area (Å²) in [6.45, 7) is 6.37. The molecular weight excluding hydrogens is 370 g/mol. The van der Waals surface area contributed by atoms with Gasteiger partial charge in [0.05, 0.1) is 8.68 Å². The summed E-state index contributed by atoms with van der Waals surface area (Å²) in [5.41, 5.74) is 2.20. The minimum atomic E-state index is -3.46. The van der Waals surface area contributed by atoms with Crippen LogP contribution in [0.2, 0.25) is 0 Å². The van der Waals surface area contributed by atoms with Gasteiger partial charge in [0, 0.05) is 11.4 Å². The second kappa shape index (κ2) is 6.60. The average Bonchev–Trinajstić information content (AvgIpc) is 2.77. The van der Waals surface area contributed by atoms with Crippen molar-refractivity contribution < 1.29 is 8.42 Å². The van der Waals surface area contributed by atoms with Crippen molar-refractivity contribution in [3.05, 3.63) is 50.1 Å². The number of halogens is 1. The molecule has 1 heterocycles. The van der Waals surface area contributed by atoms with Crippen molar-refractivity contribution >= 4 is 37.3 Å². The lowest BCUT2D eigenvalue weighted by Crippen LogP contribution is -2.23. The van der Waals surface area contributed by atoms with E-state index in [4.69, 9.17) is 0 Å². The summed E-state index contributed by atoms with van der Waals surface area (Å²) < 4.78 is 28.1. The fourth-order valence-corrected chi connectivity index (χ4v) is 5.40. The van der Waals surface area contributed by atoms with E-state index in [-0.39, 0.29) is 0 Å². The van der Waals surface area contributed by atoms with Crippen LogP contribution in [0.3, 0.4) is 0 Å². The van der Waals surface area contributed by atoms with Crippen LogP contribution in [0.4, 0.5) is 0 Å². The molecular formula is C15H18BrNO2S2. The van der Waals surface area contributed by atoms with Crippen LogP contribution in [0.1, 0.15) is 35.8 Å². The van der Waals surface area contributed by atoms with Crippen LogP contribution in [0.5, 0.6) is 0 Å².